The van der Waals surface area contributed by atoms with E-state index in [0.29, 0.717) is 9.88 Å². The van der Waals surface area contributed by atoms with Crippen LogP contribution in [0, 0.1) is 0 Å². The van der Waals surface area contributed by atoms with Crippen LogP contribution in [0.5, 0.6) is 0 Å². The van der Waals surface area contributed by atoms with Gasteiger partial charge in [0.2, 0.25) is 5.12 Å². The van der Waals surface area contributed by atoms with Crippen molar-refractivity contribution in [1.82, 2.24) is 5.32 Å². The summed E-state index contributed by atoms with van der Waals surface area (Å²) in [5.41, 5.74) is 0.678. The standard InChI is InChI=1S/C10H11NOS2/c1-2-11-10(13)14-9(12)8-6-4-3-5-7-8/h3-7H,2H2,1H3,(H,11,13). The third-order valence-corrected chi connectivity index (χ3v) is 2.66. The Morgan fingerprint density at radius 3 is 2.64 bits per heavy atom. The maximum absolute atomic E-state index is 11.6. The zero-order valence-electron chi connectivity index (χ0n) is 7.82. The minimum absolute atomic E-state index is 0.0171. The lowest BCUT2D eigenvalue weighted by molar-refractivity contribution is 0.109. The molecule has 0 aliphatic carbocycles. The van der Waals surface area contributed by atoms with Crippen LogP contribution in [0.1, 0.15) is 17.3 Å². The number of rotatable bonds is 2. The number of hydrogen-bond donors (Lipinski definition) is 1. The molecule has 0 aromatic heterocycles. The molecule has 0 radical (unpaired) electrons. The lowest BCUT2D eigenvalue weighted by Crippen LogP contribution is -2.18. The van der Waals surface area contributed by atoms with Crippen LogP contribution < -0.4 is 5.32 Å². The van der Waals surface area contributed by atoms with Crippen molar-refractivity contribution < 1.29 is 4.79 Å². The molecule has 0 unspecified atom stereocenters. The third kappa shape index (κ3) is 3.47. The molecule has 0 heterocycles. The van der Waals surface area contributed by atoms with Crippen molar-refractivity contribution in [2.24, 2.45) is 0 Å². The SMILES string of the molecule is CCNC(=S)SC(=O)c1ccccc1. The van der Waals surface area contributed by atoms with E-state index in [2.05, 4.69) is 5.32 Å². The lowest BCUT2D eigenvalue weighted by Gasteiger charge is -2.02. The third-order valence-electron chi connectivity index (χ3n) is 1.52. The van der Waals surface area contributed by atoms with E-state index in [1.54, 1.807) is 12.1 Å². The second kappa shape index (κ2) is 5.78. The second-order valence-electron chi connectivity index (χ2n) is 2.57. The van der Waals surface area contributed by atoms with Crippen LogP contribution in [0.4, 0.5) is 0 Å². The molecule has 0 aliphatic rings. The highest BCUT2D eigenvalue weighted by atomic mass is 32.2. The molecule has 0 aliphatic heterocycles. The zero-order valence-corrected chi connectivity index (χ0v) is 9.45. The van der Waals surface area contributed by atoms with Gasteiger partial charge in [-0.3, -0.25) is 4.79 Å². The Labute approximate surface area is 93.1 Å². The topological polar surface area (TPSA) is 29.1 Å². The Bertz CT molecular complexity index is 324. The number of nitrogens with one attached hydrogen (secondary N) is 1. The molecule has 0 atom stereocenters. The number of carbonyl (C=O) groups is 1. The minimum atomic E-state index is -0.0171. The number of benzene rings is 1. The molecule has 0 amide bonds. The number of hydrogen-bond acceptors (Lipinski definition) is 3. The van der Waals surface area contributed by atoms with Gasteiger partial charge in [0.1, 0.15) is 4.32 Å². The van der Waals surface area contributed by atoms with Crippen LogP contribution in [0.2, 0.25) is 0 Å². The molecule has 4 heteroatoms. The summed E-state index contributed by atoms with van der Waals surface area (Å²) in [7, 11) is 0. The number of thiocarbonyl (C=S) groups is 1. The summed E-state index contributed by atoms with van der Waals surface area (Å²) in [4.78, 5) is 11.6. The van der Waals surface area contributed by atoms with Crippen molar-refractivity contribution in [3.8, 4) is 0 Å². The molecule has 2 nitrogen and oxygen atoms in total. The highest BCUT2D eigenvalue weighted by molar-refractivity contribution is 8.33. The van der Waals surface area contributed by atoms with Crippen LogP contribution in [0.25, 0.3) is 0 Å². The molecule has 74 valence electrons. The zero-order chi connectivity index (χ0) is 10.4. The Balaban J connectivity index is 2.55. The van der Waals surface area contributed by atoms with Gasteiger partial charge in [0.15, 0.2) is 0 Å². The van der Waals surface area contributed by atoms with Gasteiger partial charge in [-0.15, -0.1) is 0 Å². The molecule has 1 rings (SSSR count). The predicted octanol–water partition coefficient (Wildman–Crippen LogP) is 2.45. The highest BCUT2D eigenvalue weighted by Gasteiger charge is 2.08. The largest absolute Gasteiger partial charge is 0.371 e. The van der Waals surface area contributed by atoms with E-state index in [-0.39, 0.29) is 5.12 Å². The Morgan fingerprint density at radius 1 is 1.43 bits per heavy atom. The van der Waals surface area contributed by atoms with Crippen LogP contribution >= 0.6 is 24.0 Å². The fourth-order valence-electron chi connectivity index (χ4n) is 0.898. The summed E-state index contributed by atoms with van der Waals surface area (Å²) in [6, 6.07) is 9.12. The van der Waals surface area contributed by atoms with E-state index in [4.69, 9.17) is 12.2 Å². The lowest BCUT2D eigenvalue weighted by atomic mass is 10.2. The van der Waals surface area contributed by atoms with Crippen LogP contribution in [-0.2, 0) is 0 Å². The summed E-state index contributed by atoms with van der Waals surface area (Å²) >= 11 is 6.02. The van der Waals surface area contributed by atoms with Gasteiger partial charge in [-0.05, 0) is 18.7 Å². The fourth-order valence-corrected chi connectivity index (χ4v) is 1.91. The van der Waals surface area contributed by atoms with Gasteiger partial charge in [0.25, 0.3) is 0 Å². The normalized spacial score (nSPS) is 9.50. The van der Waals surface area contributed by atoms with Crippen molar-refractivity contribution in [1.29, 1.82) is 0 Å². The van der Waals surface area contributed by atoms with E-state index in [0.717, 1.165) is 18.3 Å². The maximum Gasteiger partial charge on any atom is 0.226 e. The molecule has 1 aromatic rings. The van der Waals surface area contributed by atoms with E-state index < -0.39 is 0 Å². The average Bonchev–Trinajstić information content (AvgIpc) is 2.19. The highest BCUT2D eigenvalue weighted by Crippen LogP contribution is 2.12. The van der Waals surface area contributed by atoms with E-state index >= 15 is 0 Å². The van der Waals surface area contributed by atoms with E-state index in [1.165, 1.54) is 0 Å². The van der Waals surface area contributed by atoms with Crippen molar-refractivity contribution >= 4 is 33.4 Å². The molecule has 14 heavy (non-hydrogen) atoms. The van der Waals surface area contributed by atoms with Crippen LogP contribution in [-0.4, -0.2) is 16.0 Å². The number of carbonyl (C=O) groups excluding carboxylic acids is 1. The first-order valence-electron chi connectivity index (χ1n) is 4.29. The molecule has 0 saturated heterocycles. The molecule has 1 N–H and O–H groups in total. The molecule has 0 saturated carbocycles. The van der Waals surface area contributed by atoms with Crippen molar-refractivity contribution in [2.45, 2.75) is 6.92 Å². The number of thioether (sulfide) groups is 1. The van der Waals surface area contributed by atoms with E-state index in [9.17, 15) is 4.79 Å². The van der Waals surface area contributed by atoms with Gasteiger partial charge in [-0.25, -0.2) is 0 Å². The van der Waals surface area contributed by atoms with Gasteiger partial charge >= 0.3 is 0 Å². The van der Waals surface area contributed by atoms with Gasteiger partial charge in [-0.1, -0.05) is 42.5 Å². The van der Waals surface area contributed by atoms with Crippen LogP contribution in [0.15, 0.2) is 30.3 Å². The van der Waals surface area contributed by atoms with E-state index in [1.807, 2.05) is 25.1 Å². The fraction of sp³-hybridized carbons (Fsp3) is 0.200. The Morgan fingerprint density at radius 2 is 2.07 bits per heavy atom. The molecule has 1 aromatic carbocycles. The summed E-state index contributed by atoms with van der Waals surface area (Å²) in [6.07, 6.45) is 0. The van der Waals surface area contributed by atoms with Crippen molar-refractivity contribution in [3.05, 3.63) is 35.9 Å². The first-order valence-corrected chi connectivity index (χ1v) is 5.51. The van der Waals surface area contributed by atoms with Gasteiger partial charge < -0.3 is 5.32 Å². The summed E-state index contributed by atoms with van der Waals surface area (Å²) in [6.45, 7) is 2.69. The molecule has 0 fully saturated rings. The van der Waals surface area contributed by atoms with Crippen LogP contribution in [0.3, 0.4) is 0 Å². The molecular formula is C10H11NOS2. The first kappa shape index (κ1) is 11.2. The summed E-state index contributed by atoms with van der Waals surface area (Å²) in [5, 5.41) is 2.90. The molecule has 0 bridgehead atoms. The second-order valence-corrected chi connectivity index (χ2v) is 4.22. The quantitative estimate of drug-likeness (QED) is 0.783. The van der Waals surface area contributed by atoms with Crippen molar-refractivity contribution in [2.75, 3.05) is 6.54 Å². The van der Waals surface area contributed by atoms with Gasteiger partial charge in [0.05, 0.1) is 0 Å². The Hall–Kier alpha value is -0.870. The predicted molar refractivity (Wildman–Crippen MR) is 64.6 cm³/mol. The van der Waals surface area contributed by atoms with Crippen molar-refractivity contribution in [3.63, 3.8) is 0 Å². The van der Waals surface area contributed by atoms with Gasteiger partial charge in [0, 0.05) is 12.1 Å². The molecule has 0 spiro atoms. The monoisotopic (exact) mass is 225 g/mol. The maximum atomic E-state index is 11.6. The summed E-state index contributed by atoms with van der Waals surface area (Å²) < 4.78 is 0.529. The smallest absolute Gasteiger partial charge is 0.226 e. The molecular weight excluding hydrogens is 214 g/mol. The minimum Gasteiger partial charge on any atom is -0.371 e. The van der Waals surface area contributed by atoms with Gasteiger partial charge in [-0.2, -0.15) is 0 Å². The summed E-state index contributed by atoms with van der Waals surface area (Å²) in [5.74, 6) is 0. The first-order chi connectivity index (χ1) is 6.74. The average molecular weight is 225 g/mol. The Kier molecular flexibility index (Phi) is 4.62.